The van der Waals surface area contributed by atoms with Gasteiger partial charge in [0.05, 0.1) is 27.3 Å². The molecule has 0 saturated heterocycles. The van der Waals surface area contributed by atoms with Crippen LogP contribution in [0.5, 0.6) is 0 Å². The number of nitrogens with zero attached hydrogens (tertiary/aromatic N) is 6. The van der Waals surface area contributed by atoms with E-state index in [0.717, 1.165) is 43.7 Å². The van der Waals surface area contributed by atoms with Crippen LogP contribution in [0, 0.1) is 6.92 Å². The minimum Gasteiger partial charge on any atom is -0.377 e. The summed E-state index contributed by atoms with van der Waals surface area (Å²) < 4.78 is 1.12. The lowest BCUT2D eigenvalue weighted by Gasteiger charge is -2.16. The fourth-order valence-corrected chi connectivity index (χ4v) is 4.49. The Labute approximate surface area is 196 Å². The van der Waals surface area contributed by atoms with Gasteiger partial charge in [-0.3, -0.25) is 0 Å². The molecule has 0 spiro atoms. The van der Waals surface area contributed by atoms with Crippen molar-refractivity contribution in [2.45, 2.75) is 6.92 Å². The molecule has 162 valence electrons. The highest BCUT2D eigenvalue weighted by atomic mass is 32.1. The van der Waals surface area contributed by atoms with Gasteiger partial charge in [-0.25, -0.2) is 4.98 Å². The number of aromatic nitrogens is 1. The smallest absolute Gasteiger partial charge is 0.231 e. The fraction of sp³-hybridized carbons (Fsp3) is 0.115. The van der Waals surface area contributed by atoms with Crippen LogP contribution in [0.4, 0.5) is 27.9 Å². The van der Waals surface area contributed by atoms with Crippen LogP contribution in [0.15, 0.2) is 99.3 Å². The first-order valence-electron chi connectivity index (χ1n) is 10.6. The molecule has 7 heteroatoms. The summed E-state index contributed by atoms with van der Waals surface area (Å²) in [6, 6.07) is 26.0. The maximum absolute atomic E-state index is 4.51. The molecule has 6 nitrogen and oxygen atoms in total. The molecule has 1 aromatic heterocycles. The minimum absolute atomic E-state index is 0.646. The van der Waals surface area contributed by atoms with Crippen LogP contribution in [0.1, 0.15) is 5.56 Å². The van der Waals surface area contributed by atoms with E-state index in [-0.39, 0.29) is 0 Å². The highest BCUT2D eigenvalue weighted by molar-refractivity contribution is 7.21. The Morgan fingerprint density at radius 1 is 0.727 bits per heavy atom. The summed E-state index contributed by atoms with van der Waals surface area (Å²) in [5, 5.41) is 20.4. The van der Waals surface area contributed by atoms with Crippen LogP contribution in [0.25, 0.3) is 21.0 Å². The summed E-state index contributed by atoms with van der Waals surface area (Å²) in [7, 11) is 4.08. The number of hydrogen-bond donors (Lipinski definition) is 0. The maximum Gasteiger partial charge on any atom is 0.231 e. The van der Waals surface area contributed by atoms with E-state index in [2.05, 4.69) is 67.6 Å². The van der Waals surface area contributed by atoms with E-state index in [1.807, 2.05) is 62.6 Å². The van der Waals surface area contributed by atoms with Gasteiger partial charge in [0.25, 0.3) is 0 Å². The zero-order valence-corrected chi connectivity index (χ0v) is 19.4. The standard InChI is InChI=1S/C26H22N6S/c1-17-8-13-23-25(16-17)33-26(27-23)31-29-19-11-9-18(10-12-19)28-30-22-14-15-24(32(2)3)21-7-5-4-6-20(21)22/h4-16H,1-3H3. The van der Waals surface area contributed by atoms with Crippen LogP contribution >= 0.6 is 11.3 Å². The molecule has 0 saturated carbocycles. The first-order valence-corrected chi connectivity index (χ1v) is 11.4. The number of aryl methyl sites for hydroxylation is 1. The SMILES string of the molecule is Cc1ccc2nc(N=Nc3ccc(N=Nc4ccc(N(C)C)c5ccccc45)cc3)sc2c1. The largest absolute Gasteiger partial charge is 0.377 e. The molecule has 0 unspecified atom stereocenters. The van der Waals surface area contributed by atoms with Crippen molar-refractivity contribution >= 4 is 60.2 Å². The van der Waals surface area contributed by atoms with Gasteiger partial charge in [-0.1, -0.05) is 41.7 Å². The summed E-state index contributed by atoms with van der Waals surface area (Å²) in [5.41, 5.74) is 5.64. The molecule has 0 bridgehead atoms. The second-order valence-corrected chi connectivity index (χ2v) is 8.94. The lowest BCUT2D eigenvalue weighted by Crippen LogP contribution is -2.08. The van der Waals surface area contributed by atoms with Crippen molar-refractivity contribution < 1.29 is 0 Å². The van der Waals surface area contributed by atoms with E-state index >= 15 is 0 Å². The van der Waals surface area contributed by atoms with Crippen molar-refractivity contribution in [3.63, 3.8) is 0 Å². The van der Waals surface area contributed by atoms with Crippen molar-refractivity contribution in [3.05, 3.63) is 84.4 Å². The van der Waals surface area contributed by atoms with E-state index in [1.165, 1.54) is 16.9 Å². The Hall–Kier alpha value is -3.97. The Morgan fingerprint density at radius 2 is 1.42 bits per heavy atom. The van der Waals surface area contributed by atoms with Gasteiger partial charge in [0.15, 0.2) is 0 Å². The highest BCUT2D eigenvalue weighted by Crippen LogP contribution is 2.34. The van der Waals surface area contributed by atoms with Gasteiger partial charge in [0.1, 0.15) is 0 Å². The summed E-state index contributed by atoms with van der Waals surface area (Å²) in [4.78, 5) is 6.62. The van der Waals surface area contributed by atoms with E-state index in [9.17, 15) is 0 Å². The van der Waals surface area contributed by atoms with Crippen LogP contribution in [0.2, 0.25) is 0 Å². The molecule has 0 atom stereocenters. The third-order valence-electron chi connectivity index (χ3n) is 5.27. The number of azo groups is 2. The monoisotopic (exact) mass is 450 g/mol. The number of fused-ring (bicyclic) bond motifs is 2. The third-order valence-corrected chi connectivity index (χ3v) is 6.17. The van der Waals surface area contributed by atoms with Gasteiger partial charge in [0.2, 0.25) is 5.13 Å². The molecule has 0 aliphatic heterocycles. The summed E-state index contributed by atoms with van der Waals surface area (Å²) >= 11 is 1.54. The van der Waals surface area contributed by atoms with Crippen LogP contribution in [-0.4, -0.2) is 19.1 Å². The van der Waals surface area contributed by atoms with Crippen molar-refractivity contribution in [1.82, 2.24) is 4.98 Å². The second-order valence-electron chi connectivity index (χ2n) is 7.93. The molecule has 4 aromatic carbocycles. The number of anilines is 1. The minimum atomic E-state index is 0.646. The molecule has 0 aliphatic rings. The van der Waals surface area contributed by atoms with E-state index in [1.54, 1.807) is 0 Å². The van der Waals surface area contributed by atoms with Gasteiger partial charge in [-0.15, -0.1) is 15.3 Å². The number of benzene rings is 4. The molecule has 0 amide bonds. The molecule has 5 rings (SSSR count). The number of rotatable bonds is 5. The molecule has 0 fully saturated rings. The predicted octanol–water partition coefficient (Wildman–Crippen LogP) is 8.65. The molecule has 1 heterocycles. The van der Waals surface area contributed by atoms with E-state index < -0.39 is 0 Å². The third kappa shape index (κ3) is 4.49. The Kier molecular flexibility index (Phi) is 5.62. The van der Waals surface area contributed by atoms with Gasteiger partial charge < -0.3 is 4.90 Å². The van der Waals surface area contributed by atoms with Crippen LogP contribution in [-0.2, 0) is 0 Å². The van der Waals surface area contributed by atoms with Crippen molar-refractivity contribution in [2.75, 3.05) is 19.0 Å². The molecule has 0 radical (unpaired) electrons. The highest BCUT2D eigenvalue weighted by Gasteiger charge is 2.07. The summed E-state index contributed by atoms with van der Waals surface area (Å²) in [6.07, 6.45) is 0. The quantitative estimate of drug-likeness (QED) is 0.251. The molecule has 0 aliphatic carbocycles. The molecular formula is C26H22N6S. The zero-order valence-electron chi connectivity index (χ0n) is 18.6. The molecule has 0 N–H and O–H groups in total. The van der Waals surface area contributed by atoms with Gasteiger partial charge in [-0.2, -0.15) is 5.11 Å². The normalized spacial score (nSPS) is 11.8. The fourth-order valence-electron chi connectivity index (χ4n) is 3.60. The van der Waals surface area contributed by atoms with E-state index in [4.69, 9.17) is 0 Å². The lowest BCUT2D eigenvalue weighted by atomic mass is 10.1. The summed E-state index contributed by atoms with van der Waals surface area (Å²) in [6.45, 7) is 2.07. The zero-order chi connectivity index (χ0) is 22.8. The van der Waals surface area contributed by atoms with Gasteiger partial charge in [0, 0.05) is 30.6 Å². The Balaban J connectivity index is 1.34. The molecule has 33 heavy (non-hydrogen) atoms. The van der Waals surface area contributed by atoms with Gasteiger partial charge in [-0.05, 0) is 61.0 Å². The Morgan fingerprint density at radius 3 is 2.15 bits per heavy atom. The van der Waals surface area contributed by atoms with Crippen LogP contribution in [0.3, 0.4) is 0 Å². The number of hydrogen-bond acceptors (Lipinski definition) is 7. The number of thiazole rings is 1. The summed E-state index contributed by atoms with van der Waals surface area (Å²) in [5.74, 6) is 0. The Bertz CT molecular complexity index is 1500. The predicted molar refractivity (Wildman–Crippen MR) is 137 cm³/mol. The van der Waals surface area contributed by atoms with E-state index in [0.29, 0.717) is 5.13 Å². The topological polar surface area (TPSA) is 65.6 Å². The van der Waals surface area contributed by atoms with Crippen molar-refractivity contribution in [2.24, 2.45) is 20.5 Å². The first kappa shape index (κ1) is 20.9. The average molecular weight is 451 g/mol. The van der Waals surface area contributed by atoms with Crippen molar-refractivity contribution in [3.8, 4) is 0 Å². The molecular weight excluding hydrogens is 428 g/mol. The lowest BCUT2D eigenvalue weighted by molar-refractivity contribution is 1.14. The average Bonchev–Trinajstić information content (AvgIpc) is 3.23. The van der Waals surface area contributed by atoms with Gasteiger partial charge >= 0.3 is 0 Å². The maximum atomic E-state index is 4.51. The molecule has 5 aromatic rings. The van der Waals surface area contributed by atoms with Crippen molar-refractivity contribution in [1.29, 1.82) is 0 Å². The second kappa shape index (κ2) is 8.88. The first-order chi connectivity index (χ1) is 16.1. The van der Waals surface area contributed by atoms with Crippen LogP contribution < -0.4 is 4.90 Å².